The molecule has 2 aromatic rings. The Balaban J connectivity index is 1.67. The summed E-state index contributed by atoms with van der Waals surface area (Å²) in [6.45, 7) is 2.30. The quantitative estimate of drug-likeness (QED) is 0.887. The van der Waals surface area contributed by atoms with E-state index in [0.29, 0.717) is 23.9 Å². The van der Waals surface area contributed by atoms with Crippen LogP contribution in [0.4, 0.5) is 5.82 Å². The summed E-state index contributed by atoms with van der Waals surface area (Å²) in [5, 5.41) is 6.20. The summed E-state index contributed by atoms with van der Waals surface area (Å²) >= 11 is 0. The molecule has 0 bridgehead atoms. The van der Waals surface area contributed by atoms with Gasteiger partial charge in [0.1, 0.15) is 23.1 Å². The Morgan fingerprint density at radius 2 is 2.18 bits per heavy atom. The average Bonchev–Trinajstić information content (AvgIpc) is 3.18. The molecule has 0 atom stereocenters. The number of amides is 1. The van der Waals surface area contributed by atoms with E-state index in [1.165, 1.54) is 12.8 Å². The highest BCUT2D eigenvalue weighted by atomic mass is 16.3. The van der Waals surface area contributed by atoms with Crippen molar-refractivity contribution in [3.8, 4) is 0 Å². The van der Waals surface area contributed by atoms with Gasteiger partial charge in [0.15, 0.2) is 0 Å². The van der Waals surface area contributed by atoms with E-state index in [1.54, 1.807) is 19.3 Å². The number of nitrogens with zero attached hydrogens (tertiary/aromatic N) is 2. The lowest BCUT2D eigenvalue weighted by molar-refractivity contribution is 0.0932. The molecule has 2 N–H and O–H groups in total. The lowest BCUT2D eigenvalue weighted by atomic mass is 10.2. The van der Waals surface area contributed by atoms with Crippen LogP contribution in [0.2, 0.25) is 0 Å². The van der Waals surface area contributed by atoms with E-state index in [-0.39, 0.29) is 11.9 Å². The number of hydrogen-bond acceptors (Lipinski definition) is 5. The van der Waals surface area contributed by atoms with Crippen molar-refractivity contribution in [2.75, 3.05) is 5.32 Å². The van der Waals surface area contributed by atoms with Crippen molar-refractivity contribution < 1.29 is 9.21 Å². The lowest BCUT2D eigenvalue weighted by Crippen LogP contribution is -2.33. The molecule has 2 heterocycles. The minimum Gasteiger partial charge on any atom is -0.467 e. The number of hydrogen-bond donors (Lipinski definition) is 2. The van der Waals surface area contributed by atoms with E-state index in [0.717, 1.165) is 18.6 Å². The standard InChI is InChI=1S/C16H20N4O2/c1-11-18-14(16(21)20-12-5-2-3-6-12)9-15(19-11)17-10-13-7-4-8-22-13/h4,7-9,12H,2-3,5-6,10H2,1H3,(H,20,21)(H,17,18,19). The fraction of sp³-hybridized carbons (Fsp3) is 0.438. The fourth-order valence-corrected chi connectivity index (χ4v) is 2.69. The van der Waals surface area contributed by atoms with Crippen LogP contribution >= 0.6 is 0 Å². The van der Waals surface area contributed by atoms with Crippen LogP contribution in [0.1, 0.15) is 47.8 Å². The molecule has 0 radical (unpaired) electrons. The third-order valence-corrected chi connectivity index (χ3v) is 3.78. The first-order valence-electron chi connectivity index (χ1n) is 7.63. The Labute approximate surface area is 129 Å². The zero-order valence-corrected chi connectivity index (χ0v) is 12.6. The SMILES string of the molecule is Cc1nc(NCc2ccco2)cc(C(=O)NC2CCCC2)n1. The number of furan rings is 1. The van der Waals surface area contributed by atoms with E-state index < -0.39 is 0 Å². The van der Waals surface area contributed by atoms with Gasteiger partial charge in [0.05, 0.1) is 12.8 Å². The maximum atomic E-state index is 12.3. The summed E-state index contributed by atoms with van der Waals surface area (Å²) in [6.07, 6.45) is 6.11. The normalized spacial score (nSPS) is 15.0. The maximum absolute atomic E-state index is 12.3. The number of aryl methyl sites for hydroxylation is 1. The van der Waals surface area contributed by atoms with E-state index in [1.807, 2.05) is 12.1 Å². The highest BCUT2D eigenvalue weighted by molar-refractivity contribution is 5.93. The van der Waals surface area contributed by atoms with Crippen molar-refractivity contribution >= 4 is 11.7 Å². The minimum atomic E-state index is -0.126. The van der Waals surface area contributed by atoms with Crippen LogP contribution in [0.25, 0.3) is 0 Å². The Kier molecular flexibility index (Phi) is 4.37. The van der Waals surface area contributed by atoms with Crippen LogP contribution in [-0.2, 0) is 6.54 Å². The third kappa shape index (κ3) is 3.63. The summed E-state index contributed by atoms with van der Waals surface area (Å²) in [5.74, 6) is 1.88. The van der Waals surface area contributed by atoms with E-state index in [9.17, 15) is 4.79 Å². The van der Waals surface area contributed by atoms with Crippen molar-refractivity contribution in [3.63, 3.8) is 0 Å². The Morgan fingerprint density at radius 3 is 2.91 bits per heavy atom. The molecule has 6 nitrogen and oxygen atoms in total. The smallest absolute Gasteiger partial charge is 0.270 e. The molecule has 0 spiro atoms. The molecule has 1 aliphatic rings. The highest BCUT2D eigenvalue weighted by Crippen LogP contribution is 2.18. The Morgan fingerprint density at radius 1 is 1.36 bits per heavy atom. The number of nitrogens with one attached hydrogen (secondary N) is 2. The summed E-state index contributed by atoms with van der Waals surface area (Å²) in [5.41, 5.74) is 0.404. The number of rotatable bonds is 5. The molecular formula is C16H20N4O2. The van der Waals surface area contributed by atoms with Crippen molar-refractivity contribution in [1.82, 2.24) is 15.3 Å². The molecule has 2 aromatic heterocycles. The molecule has 0 aromatic carbocycles. The predicted octanol–water partition coefficient (Wildman–Crippen LogP) is 2.66. The molecule has 1 aliphatic carbocycles. The van der Waals surface area contributed by atoms with Gasteiger partial charge in [0.25, 0.3) is 5.91 Å². The molecule has 3 rings (SSSR count). The summed E-state index contributed by atoms with van der Waals surface area (Å²) < 4.78 is 5.27. The fourth-order valence-electron chi connectivity index (χ4n) is 2.69. The van der Waals surface area contributed by atoms with Crippen molar-refractivity contribution in [2.24, 2.45) is 0 Å². The van der Waals surface area contributed by atoms with Gasteiger partial charge in [-0.1, -0.05) is 12.8 Å². The maximum Gasteiger partial charge on any atom is 0.270 e. The van der Waals surface area contributed by atoms with Crippen molar-refractivity contribution in [3.05, 3.63) is 41.7 Å². The van der Waals surface area contributed by atoms with Gasteiger partial charge in [-0.25, -0.2) is 9.97 Å². The summed E-state index contributed by atoms with van der Waals surface area (Å²) in [7, 11) is 0. The topological polar surface area (TPSA) is 80.0 Å². The van der Waals surface area contributed by atoms with Gasteiger partial charge in [-0.15, -0.1) is 0 Å². The van der Waals surface area contributed by atoms with Gasteiger partial charge in [0.2, 0.25) is 0 Å². The van der Waals surface area contributed by atoms with Gasteiger partial charge in [-0.2, -0.15) is 0 Å². The zero-order valence-electron chi connectivity index (χ0n) is 12.6. The van der Waals surface area contributed by atoms with Crippen LogP contribution in [0.5, 0.6) is 0 Å². The Hall–Kier alpha value is -2.37. The van der Waals surface area contributed by atoms with Crippen LogP contribution in [0.3, 0.4) is 0 Å². The molecular weight excluding hydrogens is 280 g/mol. The van der Waals surface area contributed by atoms with Crippen LogP contribution in [0.15, 0.2) is 28.9 Å². The minimum absolute atomic E-state index is 0.126. The molecule has 1 saturated carbocycles. The third-order valence-electron chi connectivity index (χ3n) is 3.78. The van der Waals surface area contributed by atoms with Gasteiger partial charge < -0.3 is 15.1 Å². The molecule has 1 amide bonds. The summed E-state index contributed by atoms with van der Waals surface area (Å²) in [4.78, 5) is 20.8. The van der Waals surface area contributed by atoms with Gasteiger partial charge >= 0.3 is 0 Å². The number of carbonyl (C=O) groups excluding carboxylic acids is 1. The monoisotopic (exact) mass is 300 g/mol. The van der Waals surface area contributed by atoms with Gasteiger partial charge in [-0.05, 0) is 31.9 Å². The second-order valence-electron chi connectivity index (χ2n) is 5.57. The second kappa shape index (κ2) is 6.60. The molecule has 0 aliphatic heterocycles. The van der Waals surface area contributed by atoms with E-state index in [4.69, 9.17) is 4.42 Å². The molecule has 22 heavy (non-hydrogen) atoms. The van der Waals surface area contributed by atoms with Crippen LogP contribution < -0.4 is 10.6 Å². The summed E-state index contributed by atoms with van der Waals surface area (Å²) in [6, 6.07) is 5.68. The van der Waals surface area contributed by atoms with Gasteiger partial charge in [0, 0.05) is 12.1 Å². The first kappa shape index (κ1) is 14.6. The van der Waals surface area contributed by atoms with E-state index in [2.05, 4.69) is 20.6 Å². The van der Waals surface area contributed by atoms with Crippen molar-refractivity contribution in [1.29, 1.82) is 0 Å². The van der Waals surface area contributed by atoms with Crippen molar-refractivity contribution in [2.45, 2.75) is 45.2 Å². The first-order valence-corrected chi connectivity index (χ1v) is 7.63. The molecule has 0 saturated heterocycles. The largest absolute Gasteiger partial charge is 0.467 e. The number of anilines is 1. The number of aromatic nitrogens is 2. The highest BCUT2D eigenvalue weighted by Gasteiger charge is 2.19. The average molecular weight is 300 g/mol. The van der Waals surface area contributed by atoms with Gasteiger partial charge in [-0.3, -0.25) is 4.79 Å². The Bertz CT molecular complexity index is 634. The molecule has 116 valence electrons. The van der Waals surface area contributed by atoms with Crippen LogP contribution in [-0.4, -0.2) is 21.9 Å². The molecule has 0 unspecified atom stereocenters. The number of carbonyl (C=O) groups is 1. The lowest BCUT2D eigenvalue weighted by Gasteiger charge is -2.12. The zero-order chi connectivity index (χ0) is 15.4. The molecule has 6 heteroatoms. The van der Waals surface area contributed by atoms with E-state index >= 15 is 0 Å². The predicted molar refractivity (Wildman–Crippen MR) is 82.5 cm³/mol. The van der Waals surface area contributed by atoms with Crippen LogP contribution in [0, 0.1) is 6.92 Å². The first-order chi connectivity index (χ1) is 10.7. The second-order valence-corrected chi connectivity index (χ2v) is 5.57. The molecule has 1 fully saturated rings.